The molecule has 4 heteroatoms. The first-order valence-electron chi connectivity index (χ1n) is 5.15. The number of nitriles is 1. The Morgan fingerprint density at radius 3 is 2.50 bits per heavy atom. The van der Waals surface area contributed by atoms with Crippen LogP contribution in [-0.2, 0) is 9.47 Å². The van der Waals surface area contributed by atoms with Gasteiger partial charge in [0.1, 0.15) is 5.41 Å². The lowest BCUT2D eigenvalue weighted by Gasteiger charge is -2.37. The minimum Gasteiger partial charge on any atom is -0.381 e. The molecule has 0 aliphatic carbocycles. The molecule has 0 atom stereocenters. The van der Waals surface area contributed by atoms with E-state index in [-0.39, 0.29) is 5.41 Å². The Morgan fingerprint density at radius 1 is 1.29 bits per heavy atom. The highest BCUT2D eigenvalue weighted by molar-refractivity contribution is 5.05. The van der Waals surface area contributed by atoms with Gasteiger partial charge >= 0.3 is 0 Å². The van der Waals surface area contributed by atoms with Crippen molar-refractivity contribution in [1.82, 2.24) is 5.32 Å². The number of ether oxygens (including phenoxy) is 2. The van der Waals surface area contributed by atoms with Crippen molar-refractivity contribution in [1.29, 1.82) is 5.26 Å². The summed E-state index contributed by atoms with van der Waals surface area (Å²) in [5.41, 5.74) is -0.252. The Balaban J connectivity index is 1.73. The van der Waals surface area contributed by atoms with Gasteiger partial charge in [0.25, 0.3) is 0 Å². The van der Waals surface area contributed by atoms with E-state index in [1.165, 1.54) is 0 Å². The van der Waals surface area contributed by atoms with Gasteiger partial charge in [-0.25, -0.2) is 0 Å². The summed E-state index contributed by atoms with van der Waals surface area (Å²) in [4.78, 5) is 0. The summed E-state index contributed by atoms with van der Waals surface area (Å²) in [6, 6.07) is 2.86. The van der Waals surface area contributed by atoms with E-state index >= 15 is 0 Å². The molecule has 0 aromatic carbocycles. The summed E-state index contributed by atoms with van der Waals surface area (Å²) in [7, 11) is 0. The van der Waals surface area contributed by atoms with E-state index in [2.05, 4.69) is 11.4 Å². The molecule has 0 radical (unpaired) electrons. The molecular formula is C10H16N2O2. The van der Waals surface area contributed by atoms with Gasteiger partial charge in [-0.1, -0.05) is 0 Å². The third-order valence-electron chi connectivity index (χ3n) is 2.94. The van der Waals surface area contributed by atoms with Gasteiger partial charge in [0.05, 0.1) is 19.3 Å². The van der Waals surface area contributed by atoms with E-state index in [0.29, 0.717) is 19.3 Å². The highest BCUT2D eigenvalue weighted by Crippen LogP contribution is 2.25. The van der Waals surface area contributed by atoms with Crippen LogP contribution in [-0.4, -0.2) is 39.0 Å². The molecule has 0 aromatic rings. The Morgan fingerprint density at radius 2 is 2.00 bits per heavy atom. The third-order valence-corrected chi connectivity index (χ3v) is 2.94. The molecule has 0 saturated carbocycles. The molecule has 0 bridgehead atoms. The van der Waals surface area contributed by atoms with Crippen LogP contribution in [0.3, 0.4) is 0 Å². The van der Waals surface area contributed by atoms with Crippen molar-refractivity contribution < 1.29 is 9.47 Å². The summed E-state index contributed by atoms with van der Waals surface area (Å²) in [5, 5.41) is 12.4. The molecule has 1 N–H and O–H groups in total. The third kappa shape index (κ3) is 2.06. The normalized spacial score (nSPS) is 26.5. The maximum Gasteiger partial charge on any atom is 0.116 e. The second kappa shape index (κ2) is 4.26. The molecule has 2 fully saturated rings. The van der Waals surface area contributed by atoms with Crippen LogP contribution in [0, 0.1) is 16.7 Å². The van der Waals surface area contributed by atoms with Crippen molar-refractivity contribution in [2.45, 2.75) is 18.9 Å². The first-order valence-corrected chi connectivity index (χ1v) is 5.15. The molecule has 2 saturated heterocycles. The lowest BCUT2D eigenvalue weighted by molar-refractivity contribution is -0.0776. The van der Waals surface area contributed by atoms with Crippen molar-refractivity contribution in [3.8, 4) is 6.07 Å². The fourth-order valence-electron chi connectivity index (χ4n) is 1.80. The number of rotatable bonds is 3. The fraction of sp³-hybridized carbons (Fsp3) is 0.900. The van der Waals surface area contributed by atoms with E-state index in [9.17, 15) is 0 Å². The molecule has 0 aromatic heterocycles. The maximum absolute atomic E-state index is 8.97. The van der Waals surface area contributed by atoms with Crippen LogP contribution in [0.1, 0.15) is 12.8 Å². The van der Waals surface area contributed by atoms with Crippen LogP contribution < -0.4 is 5.32 Å². The zero-order valence-electron chi connectivity index (χ0n) is 8.29. The van der Waals surface area contributed by atoms with E-state index < -0.39 is 0 Å². The molecule has 2 aliphatic heterocycles. The van der Waals surface area contributed by atoms with Gasteiger partial charge in [-0.05, 0) is 12.8 Å². The molecule has 4 nitrogen and oxygen atoms in total. The van der Waals surface area contributed by atoms with Gasteiger partial charge in [0.15, 0.2) is 0 Å². The molecule has 2 aliphatic rings. The second-order valence-corrected chi connectivity index (χ2v) is 4.15. The predicted molar refractivity (Wildman–Crippen MR) is 50.7 cm³/mol. The summed E-state index contributed by atoms with van der Waals surface area (Å²) in [6.45, 7) is 3.61. The van der Waals surface area contributed by atoms with Crippen LogP contribution in [0.25, 0.3) is 0 Å². The van der Waals surface area contributed by atoms with E-state index in [4.69, 9.17) is 14.7 Å². The van der Waals surface area contributed by atoms with Crippen molar-refractivity contribution >= 4 is 0 Å². The maximum atomic E-state index is 8.97. The number of hydrogen-bond donors (Lipinski definition) is 1. The van der Waals surface area contributed by atoms with Crippen molar-refractivity contribution in [2.24, 2.45) is 5.41 Å². The van der Waals surface area contributed by atoms with Gasteiger partial charge in [-0.15, -0.1) is 0 Å². The predicted octanol–water partition coefficient (Wildman–Crippen LogP) is 0.295. The monoisotopic (exact) mass is 196 g/mol. The Bertz CT molecular complexity index is 227. The average molecular weight is 196 g/mol. The molecule has 2 rings (SSSR count). The summed E-state index contributed by atoms with van der Waals surface area (Å²) in [5.74, 6) is 0. The molecule has 0 unspecified atom stereocenters. The number of hydrogen-bond acceptors (Lipinski definition) is 4. The minimum atomic E-state index is -0.252. The lowest BCUT2D eigenvalue weighted by Crippen LogP contribution is -2.51. The van der Waals surface area contributed by atoms with Crippen LogP contribution in [0.15, 0.2) is 0 Å². The highest BCUT2D eigenvalue weighted by Gasteiger charge is 2.39. The van der Waals surface area contributed by atoms with Crippen molar-refractivity contribution in [3.63, 3.8) is 0 Å². The molecular weight excluding hydrogens is 180 g/mol. The summed E-state index contributed by atoms with van der Waals surface area (Å²) < 4.78 is 10.4. The SMILES string of the molecule is N#CC1(CNC2CCOCC2)COC1. The fourth-order valence-corrected chi connectivity index (χ4v) is 1.80. The Hall–Kier alpha value is -0.630. The standard InChI is InChI=1S/C10H16N2O2/c11-5-10(7-14-8-10)6-12-9-1-3-13-4-2-9/h9,12H,1-4,6-8H2. The van der Waals surface area contributed by atoms with Crippen LogP contribution in [0.5, 0.6) is 0 Å². The van der Waals surface area contributed by atoms with Gasteiger partial charge in [0, 0.05) is 25.8 Å². The molecule has 0 amide bonds. The average Bonchev–Trinajstić information content (AvgIpc) is 2.19. The zero-order valence-corrected chi connectivity index (χ0v) is 8.29. The van der Waals surface area contributed by atoms with Gasteiger partial charge in [-0.2, -0.15) is 5.26 Å². The highest BCUT2D eigenvalue weighted by atomic mass is 16.5. The van der Waals surface area contributed by atoms with E-state index in [1.807, 2.05) is 0 Å². The lowest BCUT2D eigenvalue weighted by atomic mass is 9.87. The zero-order chi connectivity index (χ0) is 9.86. The first kappa shape index (κ1) is 9.91. The van der Waals surface area contributed by atoms with Gasteiger partial charge in [0.2, 0.25) is 0 Å². The largest absolute Gasteiger partial charge is 0.381 e. The van der Waals surface area contributed by atoms with E-state index in [1.54, 1.807) is 0 Å². The Kier molecular flexibility index (Phi) is 3.02. The summed E-state index contributed by atoms with van der Waals surface area (Å²) in [6.07, 6.45) is 2.12. The van der Waals surface area contributed by atoms with Gasteiger partial charge in [-0.3, -0.25) is 0 Å². The molecule has 2 heterocycles. The van der Waals surface area contributed by atoms with E-state index in [0.717, 1.165) is 32.6 Å². The quantitative estimate of drug-likeness (QED) is 0.705. The topological polar surface area (TPSA) is 54.3 Å². The van der Waals surface area contributed by atoms with Crippen LogP contribution in [0.2, 0.25) is 0 Å². The van der Waals surface area contributed by atoms with Crippen molar-refractivity contribution in [3.05, 3.63) is 0 Å². The van der Waals surface area contributed by atoms with Crippen LogP contribution >= 0.6 is 0 Å². The van der Waals surface area contributed by atoms with Crippen LogP contribution in [0.4, 0.5) is 0 Å². The minimum absolute atomic E-state index is 0.252. The second-order valence-electron chi connectivity index (χ2n) is 4.15. The first-order chi connectivity index (χ1) is 6.85. The van der Waals surface area contributed by atoms with Gasteiger partial charge < -0.3 is 14.8 Å². The molecule has 14 heavy (non-hydrogen) atoms. The smallest absolute Gasteiger partial charge is 0.116 e. The summed E-state index contributed by atoms with van der Waals surface area (Å²) >= 11 is 0. The molecule has 78 valence electrons. The van der Waals surface area contributed by atoms with Crippen molar-refractivity contribution in [2.75, 3.05) is 33.0 Å². The molecule has 0 spiro atoms. The Labute approximate surface area is 84.2 Å². The number of nitrogens with one attached hydrogen (secondary N) is 1. The number of nitrogens with zero attached hydrogens (tertiary/aromatic N) is 1.